The molecule has 0 amide bonds. The average molecular weight is 316 g/mol. The molecule has 0 spiro atoms. The Morgan fingerprint density at radius 1 is 1.04 bits per heavy atom. The van der Waals surface area contributed by atoms with Crippen LogP contribution < -0.4 is 4.74 Å². The molecule has 5 heteroatoms. The zero-order valence-electron chi connectivity index (χ0n) is 11.9. The molecule has 0 aromatic heterocycles. The second-order valence-electron chi connectivity index (χ2n) is 5.07. The molecule has 116 valence electrons. The van der Waals surface area contributed by atoms with Crippen molar-refractivity contribution in [2.75, 3.05) is 0 Å². The first-order chi connectivity index (χ1) is 10.9. The first kappa shape index (κ1) is 15.2. The maximum Gasteiger partial charge on any atom is 0.416 e. The SMILES string of the molecule is O=C1C[C@H](C#Cc2ccc(C(F)(F)F)cc2)Oc2ccccc21. The second-order valence-corrected chi connectivity index (χ2v) is 5.07. The molecule has 1 aliphatic rings. The van der Waals surface area contributed by atoms with E-state index in [2.05, 4.69) is 11.8 Å². The van der Waals surface area contributed by atoms with Gasteiger partial charge in [-0.2, -0.15) is 13.2 Å². The number of fused-ring (bicyclic) bond motifs is 1. The lowest BCUT2D eigenvalue weighted by Crippen LogP contribution is -2.25. The lowest BCUT2D eigenvalue weighted by atomic mass is 10.0. The summed E-state index contributed by atoms with van der Waals surface area (Å²) < 4.78 is 43.1. The highest BCUT2D eigenvalue weighted by Crippen LogP contribution is 2.29. The highest BCUT2D eigenvalue weighted by Gasteiger charge is 2.30. The maximum absolute atomic E-state index is 12.5. The molecule has 1 atom stereocenters. The van der Waals surface area contributed by atoms with E-state index in [0.29, 0.717) is 16.9 Å². The molecule has 0 fully saturated rings. The molecule has 0 unspecified atom stereocenters. The summed E-state index contributed by atoms with van der Waals surface area (Å²) >= 11 is 0. The molecule has 0 bridgehead atoms. The van der Waals surface area contributed by atoms with E-state index in [1.807, 2.05) is 0 Å². The van der Waals surface area contributed by atoms with E-state index in [4.69, 9.17) is 4.74 Å². The van der Waals surface area contributed by atoms with Crippen LogP contribution in [0, 0.1) is 11.8 Å². The number of hydrogen-bond acceptors (Lipinski definition) is 2. The van der Waals surface area contributed by atoms with Gasteiger partial charge in [-0.25, -0.2) is 0 Å². The number of ketones is 1. The van der Waals surface area contributed by atoms with E-state index >= 15 is 0 Å². The summed E-state index contributed by atoms with van der Waals surface area (Å²) in [4.78, 5) is 12.0. The van der Waals surface area contributed by atoms with Crippen LogP contribution in [0.4, 0.5) is 13.2 Å². The number of benzene rings is 2. The fraction of sp³-hybridized carbons (Fsp3) is 0.167. The summed E-state index contributed by atoms with van der Waals surface area (Å²) in [7, 11) is 0. The summed E-state index contributed by atoms with van der Waals surface area (Å²) in [5.41, 5.74) is 0.244. The largest absolute Gasteiger partial charge is 0.477 e. The van der Waals surface area contributed by atoms with E-state index in [0.717, 1.165) is 12.1 Å². The minimum atomic E-state index is -4.37. The van der Waals surface area contributed by atoms with Crippen LogP contribution in [0.2, 0.25) is 0 Å². The molecule has 2 aromatic carbocycles. The van der Waals surface area contributed by atoms with Gasteiger partial charge in [0.05, 0.1) is 17.5 Å². The topological polar surface area (TPSA) is 26.3 Å². The molecule has 1 heterocycles. The normalized spacial score (nSPS) is 16.8. The quantitative estimate of drug-likeness (QED) is 0.684. The number of carbonyl (C=O) groups is 1. The van der Waals surface area contributed by atoms with Gasteiger partial charge in [-0.1, -0.05) is 24.0 Å². The molecule has 0 N–H and O–H groups in total. The van der Waals surface area contributed by atoms with Crippen LogP contribution in [0.3, 0.4) is 0 Å². The molecule has 0 saturated carbocycles. The summed E-state index contributed by atoms with van der Waals surface area (Å²) in [6, 6.07) is 11.5. The number of alkyl halides is 3. The standard InChI is InChI=1S/C18H11F3O2/c19-18(20,21)13-8-5-12(6-9-13)7-10-14-11-16(22)15-3-1-2-4-17(15)23-14/h1-6,8-9,14H,11H2/t14-/m0/s1. The Hall–Kier alpha value is -2.74. The van der Waals surface area contributed by atoms with Crippen LogP contribution in [-0.2, 0) is 6.18 Å². The van der Waals surface area contributed by atoms with Gasteiger partial charge in [-0.15, -0.1) is 0 Å². The molecule has 2 aromatic rings. The maximum atomic E-state index is 12.5. The third-order valence-corrected chi connectivity index (χ3v) is 3.42. The van der Waals surface area contributed by atoms with Crippen molar-refractivity contribution in [3.8, 4) is 17.6 Å². The molecule has 1 aliphatic heterocycles. The monoisotopic (exact) mass is 316 g/mol. The Kier molecular flexibility index (Phi) is 3.83. The van der Waals surface area contributed by atoms with Crippen molar-refractivity contribution in [1.82, 2.24) is 0 Å². The van der Waals surface area contributed by atoms with Gasteiger partial charge in [-0.3, -0.25) is 4.79 Å². The van der Waals surface area contributed by atoms with Crippen LogP contribution in [0.25, 0.3) is 0 Å². The average Bonchev–Trinajstić information content (AvgIpc) is 2.52. The summed E-state index contributed by atoms with van der Waals surface area (Å²) in [6.45, 7) is 0. The summed E-state index contributed by atoms with van der Waals surface area (Å²) in [5.74, 6) is 5.97. The zero-order valence-corrected chi connectivity index (χ0v) is 11.9. The molecule has 23 heavy (non-hydrogen) atoms. The lowest BCUT2D eigenvalue weighted by molar-refractivity contribution is -0.137. The first-order valence-corrected chi connectivity index (χ1v) is 6.91. The van der Waals surface area contributed by atoms with Gasteiger partial charge >= 0.3 is 6.18 Å². The van der Waals surface area contributed by atoms with Crippen molar-refractivity contribution < 1.29 is 22.7 Å². The van der Waals surface area contributed by atoms with Crippen LogP contribution >= 0.6 is 0 Å². The van der Waals surface area contributed by atoms with Gasteiger partial charge in [0.15, 0.2) is 11.9 Å². The van der Waals surface area contributed by atoms with Gasteiger partial charge < -0.3 is 4.74 Å². The third kappa shape index (κ3) is 3.37. The Balaban J connectivity index is 1.77. The van der Waals surface area contributed by atoms with Gasteiger partial charge in [0.2, 0.25) is 0 Å². The number of carbonyl (C=O) groups excluding carboxylic acids is 1. The summed E-state index contributed by atoms with van der Waals surface area (Å²) in [5, 5.41) is 0. The highest BCUT2D eigenvalue weighted by atomic mass is 19.4. The minimum absolute atomic E-state index is 0.0569. The van der Waals surface area contributed by atoms with Crippen LogP contribution in [0.1, 0.15) is 27.9 Å². The Morgan fingerprint density at radius 2 is 1.74 bits per heavy atom. The first-order valence-electron chi connectivity index (χ1n) is 6.91. The lowest BCUT2D eigenvalue weighted by Gasteiger charge is -2.21. The fourth-order valence-corrected chi connectivity index (χ4v) is 2.26. The van der Waals surface area contributed by atoms with Gasteiger partial charge in [0, 0.05) is 5.56 Å². The predicted octanol–water partition coefficient (Wildman–Crippen LogP) is 4.09. The molecule has 0 aliphatic carbocycles. The Morgan fingerprint density at radius 3 is 2.43 bits per heavy atom. The van der Waals surface area contributed by atoms with Crippen molar-refractivity contribution in [2.24, 2.45) is 0 Å². The van der Waals surface area contributed by atoms with Gasteiger partial charge in [-0.05, 0) is 36.4 Å². The zero-order chi connectivity index (χ0) is 16.4. The Labute approximate surface area is 130 Å². The van der Waals surface area contributed by atoms with E-state index in [1.165, 1.54) is 12.1 Å². The Bertz CT molecular complexity index is 795. The van der Waals surface area contributed by atoms with Gasteiger partial charge in [0.1, 0.15) is 5.75 Å². The third-order valence-electron chi connectivity index (χ3n) is 3.42. The van der Waals surface area contributed by atoms with Crippen molar-refractivity contribution in [2.45, 2.75) is 18.7 Å². The van der Waals surface area contributed by atoms with E-state index in [9.17, 15) is 18.0 Å². The van der Waals surface area contributed by atoms with Crippen molar-refractivity contribution in [1.29, 1.82) is 0 Å². The van der Waals surface area contributed by atoms with Gasteiger partial charge in [0.25, 0.3) is 0 Å². The fourth-order valence-electron chi connectivity index (χ4n) is 2.26. The number of para-hydroxylation sites is 1. The van der Waals surface area contributed by atoms with E-state index in [-0.39, 0.29) is 12.2 Å². The van der Waals surface area contributed by atoms with Crippen LogP contribution in [0.5, 0.6) is 5.75 Å². The molecular formula is C18H11F3O2. The smallest absolute Gasteiger partial charge is 0.416 e. The number of hydrogen-bond donors (Lipinski definition) is 0. The van der Waals surface area contributed by atoms with Crippen molar-refractivity contribution in [3.63, 3.8) is 0 Å². The van der Waals surface area contributed by atoms with Crippen molar-refractivity contribution >= 4 is 5.78 Å². The number of halogens is 3. The van der Waals surface area contributed by atoms with E-state index < -0.39 is 17.8 Å². The molecule has 0 radical (unpaired) electrons. The highest BCUT2D eigenvalue weighted by molar-refractivity contribution is 6.00. The number of rotatable bonds is 0. The molecular weight excluding hydrogens is 305 g/mol. The molecule has 3 rings (SSSR count). The predicted molar refractivity (Wildman–Crippen MR) is 78.1 cm³/mol. The number of ether oxygens (including phenoxy) is 1. The van der Waals surface area contributed by atoms with E-state index in [1.54, 1.807) is 24.3 Å². The van der Waals surface area contributed by atoms with Crippen LogP contribution in [-0.4, -0.2) is 11.9 Å². The van der Waals surface area contributed by atoms with Crippen LogP contribution in [0.15, 0.2) is 48.5 Å². The molecule has 0 saturated heterocycles. The molecule has 2 nitrogen and oxygen atoms in total. The number of Topliss-reactive ketones (excluding diaryl/α,β-unsaturated/α-hetero) is 1. The van der Waals surface area contributed by atoms with Crippen molar-refractivity contribution in [3.05, 3.63) is 65.2 Å². The summed E-state index contributed by atoms with van der Waals surface area (Å²) in [6.07, 6.45) is -4.83. The minimum Gasteiger partial charge on any atom is -0.477 e. The second kappa shape index (κ2) is 5.81.